The van der Waals surface area contributed by atoms with Gasteiger partial charge in [-0.15, -0.1) is 11.3 Å². The molecule has 0 fully saturated rings. The first kappa shape index (κ1) is 14.4. The van der Waals surface area contributed by atoms with Crippen molar-refractivity contribution in [1.29, 1.82) is 0 Å². The number of ketones is 1. The highest BCUT2D eigenvalue weighted by atomic mass is 32.1. The number of Topliss-reactive ketones (excluding diaryl/α,β-unsaturated/α-hetero) is 1. The second-order valence-corrected chi connectivity index (χ2v) is 5.74. The molecule has 0 aliphatic heterocycles. The molecular weight excluding hydrogens is 303 g/mol. The van der Waals surface area contributed by atoms with E-state index in [1.54, 1.807) is 6.07 Å². The van der Waals surface area contributed by atoms with Gasteiger partial charge >= 0.3 is 5.97 Å². The fraction of sp³-hybridized carbons (Fsp3) is 0.0588. The fourth-order valence-electron chi connectivity index (χ4n) is 2.00. The molecule has 0 saturated carbocycles. The monoisotopic (exact) mass is 314 g/mol. The normalized spacial score (nSPS) is 10.6. The molecule has 0 aliphatic rings. The number of carbonyl (C=O) groups is 2. The summed E-state index contributed by atoms with van der Waals surface area (Å²) in [6.45, 7) is -0.362. The van der Waals surface area contributed by atoms with Gasteiger partial charge in [-0.3, -0.25) is 4.79 Å². The molecule has 3 rings (SSSR count). The smallest absolute Gasteiger partial charge is 0.348 e. The van der Waals surface area contributed by atoms with Crippen LogP contribution in [0.4, 0.5) is 4.39 Å². The van der Waals surface area contributed by atoms with Gasteiger partial charge in [-0.1, -0.05) is 18.2 Å². The van der Waals surface area contributed by atoms with Crippen LogP contribution in [0.5, 0.6) is 0 Å². The molecule has 1 aromatic heterocycles. The number of rotatable bonds is 4. The van der Waals surface area contributed by atoms with Crippen LogP contribution in [0.25, 0.3) is 10.1 Å². The minimum absolute atomic E-state index is 0.311. The number of thiophene rings is 1. The van der Waals surface area contributed by atoms with Crippen LogP contribution < -0.4 is 0 Å². The number of ether oxygens (including phenoxy) is 1. The van der Waals surface area contributed by atoms with Gasteiger partial charge in [-0.2, -0.15) is 0 Å². The van der Waals surface area contributed by atoms with Gasteiger partial charge in [0.1, 0.15) is 10.7 Å². The highest BCUT2D eigenvalue weighted by molar-refractivity contribution is 7.20. The second-order valence-electron chi connectivity index (χ2n) is 4.65. The SMILES string of the molecule is O=C(COC(=O)c1cc2ccccc2s1)c1ccc(F)cc1. The Bertz CT molecular complexity index is 803. The molecule has 3 nitrogen and oxygen atoms in total. The van der Waals surface area contributed by atoms with Crippen LogP contribution in [0.1, 0.15) is 20.0 Å². The van der Waals surface area contributed by atoms with E-state index >= 15 is 0 Å². The molecule has 5 heteroatoms. The second kappa shape index (κ2) is 6.07. The summed E-state index contributed by atoms with van der Waals surface area (Å²) >= 11 is 1.32. The van der Waals surface area contributed by atoms with Gasteiger partial charge in [-0.25, -0.2) is 9.18 Å². The van der Waals surface area contributed by atoms with Gasteiger partial charge in [0, 0.05) is 10.3 Å². The van der Waals surface area contributed by atoms with E-state index in [1.807, 2.05) is 24.3 Å². The third-order valence-electron chi connectivity index (χ3n) is 3.13. The lowest BCUT2D eigenvalue weighted by Gasteiger charge is -2.02. The highest BCUT2D eigenvalue weighted by Crippen LogP contribution is 2.25. The van der Waals surface area contributed by atoms with Crippen LogP contribution in [0.15, 0.2) is 54.6 Å². The van der Waals surface area contributed by atoms with Gasteiger partial charge in [0.2, 0.25) is 0 Å². The maximum atomic E-state index is 12.8. The first-order valence-corrected chi connectivity index (χ1v) is 7.39. The van der Waals surface area contributed by atoms with Gasteiger partial charge in [-0.05, 0) is 41.8 Å². The lowest BCUT2D eigenvalue weighted by atomic mass is 10.1. The molecule has 0 unspecified atom stereocenters. The van der Waals surface area contributed by atoms with E-state index < -0.39 is 11.8 Å². The van der Waals surface area contributed by atoms with Gasteiger partial charge < -0.3 is 4.74 Å². The molecule has 0 N–H and O–H groups in total. The van der Waals surface area contributed by atoms with Crippen molar-refractivity contribution in [3.63, 3.8) is 0 Å². The summed E-state index contributed by atoms with van der Waals surface area (Å²) < 4.78 is 18.8. The van der Waals surface area contributed by atoms with Crippen LogP contribution in [0.3, 0.4) is 0 Å². The Morgan fingerprint density at radius 3 is 2.50 bits per heavy atom. The van der Waals surface area contributed by atoms with Crippen LogP contribution in [-0.4, -0.2) is 18.4 Å². The van der Waals surface area contributed by atoms with Gasteiger partial charge in [0.25, 0.3) is 0 Å². The zero-order valence-electron chi connectivity index (χ0n) is 11.4. The van der Waals surface area contributed by atoms with E-state index in [0.29, 0.717) is 10.4 Å². The van der Waals surface area contributed by atoms with E-state index in [2.05, 4.69) is 0 Å². The van der Waals surface area contributed by atoms with Gasteiger partial charge in [0.05, 0.1) is 0 Å². The van der Waals surface area contributed by atoms with Crippen molar-refractivity contribution in [3.05, 3.63) is 70.9 Å². The zero-order valence-corrected chi connectivity index (χ0v) is 12.2. The first-order valence-electron chi connectivity index (χ1n) is 6.58. The van der Waals surface area contributed by atoms with Crippen molar-refractivity contribution >= 4 is 33.2 Å². The Morgan fingerprint density at radius 1 is 1.05 bits per heavy atom. The Morgan fingerprint density at radius 2 is 1.77 bits per heavy atom. The number of hydrogen-bond acceptors (Lipinski definition) is 4. The van der Waals surface area contributed by atoms with Crippen LogP contribution in [0.2, 0.25) is 0 Å². The number of benzene rings is 2. The van der Waals surface area contributed by atoms with E-state index in [9.17, 15) is 14.0 Å². The van der Waals surface area contributed by atoms with Crippen molar-refractivity contribution < 1.29 is 18.7 Å². The van der Waals surface area contributed by atoms with Crippen molar-refractivity contribution in [2.24, 2.45) is 0 Å². The van der Waals surface area contributed by atoms with Gasteiger partial charge in [0.15, 0.2) is 12.4 Å². The summed E-state index contributed by atoms with van der Waals surface area (Å²) in [5.41, 5.74) is 0.311. The van der Waals surface area contributed by atoms with Crippen LogP contribution in [0, 0.1) is 5.82 Å². The van der Waals surface area contributed by atoms with Crippen LogP contribution >= 0.6 is 11.3 Å². The molecular formula is C17H11FO3S. The van der Waals surface area contributed by atoms with Crippen molar-refractivity contribution in [2.45, 2.75) is 0 Å². The number of carbonyl (C=O) groups excluding carboxylic acids is 2. The predicted molar refractivity (Wildman–Crippen MR) is 82.8 cm³/mol. The fourth-order valence-corrected chi connectivity index (χ4v) is 2.96. The number of hydrogen-bond donors (Lipinski definition) is 0. The molecule has 0 radical (unpaired) electrons. The van der Waals surface area contributed by atoms with Crippen molar-refractivity contribution in [2.75, 3.05) is 6.61 Å². The Hall–Kier alpha value is -2.53. The summed E-state index contributed by atoms with van der Waals surface area (Å²) in [6.07, 6.45) is 0. The number of halogens is 1. The summed E-state index contributed by atoms with van der Waals surface area (Å²) in [5, 5.41) is 0.962. The van der Waals surface area contributed by atoms with E-state index in [4.69, 9.17) is 4.74 Å². The highest BCUT2D eigenvalue weighted by Gasteiger charge is 2.14. The minimum atomic E-state index is -0.531. The van der Waals surface area contributed by atoms with E-state index in [0.717, 1.165) is 10.1 Å². The van der Waals surface area contributed by atoms with Crippen LogP contribution in [-0.2, 0) is 4.74 Å². The average Bonchev–Trinajstić information content (AvgIpc) is 2.97. The molecule has 0 amide bonds. The third-order valence-corrected chi connectivity index (χ3v) is 4.22. The maximum absolute atomic E-state index is 12.8. The number of esters is 1. The molecule has 110 valence electrons. The molecule has 0 saturated heterocycles. The zero-order chi connectivity index (χ0) is 15.5. The predicted octanol–water partition coefficient (Wildman–Crippen LogP) is 4.08. The number of fused-ring (bicyclic) bond motifs is 1. The summed E-state index contributed by atoms with van der Waals surface area (Å²) in [5.74, 6) is -1.31. The molecule has 0 spiro atoms. The first-order chi connectivity index (χ1) is 10.6. The Balaban J connectivity index is 1.66. The van der Waals surface area contributed by atoms with E-state index in [-0.39, 0.29) is 12.4 Å². The standard InChI is InChI=1S/C17H11FO3S/c18-13-7-5-11(6-8-13)14(19)10-21-17(20)16-9-12-3-1-2-4-15(12)22-16/h1-9H,10H2. The summed E-state index contributed by atoms with van der Waals surface area (Å²) in [4.78, 5) is 24.3. The summed E-state index contributed by atoms with van der Waals surface area (Å²) in [7, 11) is 0. The molecule has 3 aromatic rings. The topological polar surface area (TPSA) is 43.4 Å². The molecule has 2 aromatic carbocycles. The molecule has 22 heavy (non-hydrogen) atoms. The molecule has 1 heterocycles. The maximum Gasteiger partial charge on any atom is 0.348 e. The molecule has 0 aliphatic carbocycles. The van der Waals surface area contributed by atoms with Crippen molar-refractivity contribution in [1.82, 2.24) is 0 Å². The Labute approximate surface area is 130 Å². The van der Waals surface area contributed by atoms with E-state index in [1.165, 1.54) is 35.6 Å². The quantitative estimate of drug-likeness (QED) is 0.538. The molecule has 0 atom stereocenters. The minimum Gasteiger partial charge on any atom is -0.453 e. The lowest BCUT2D eigenvalue weighted by molar-refractivity contribution is 0.0479. The summed E-state index contributed by atoms with van der Waals surface area (Å²) in [6, 6.07) is 14.5. The Kier molecular flexibility index (Phi) is 3.98. The molecule has 0 bridgehead atoms. The van der Waals surface area contributed by atoms with Crippen molar-refractivity contribution in [3.8, 4) is 0 Å². The largest absolute Gasteiger partial charge is 0.453 e. The average molecular weight is 314 g/mol. The lowest BCUT2D eigenvalue weighted by Crippen LogP contribution is -2.13. The third kappa shape index (κ3) is 3.04.